The number of aliphatic hydroxyl groups excluding tert-OH is 1. The number of nitrogens with zero attached hydrogens (tertiary/aromatic N) is 3. The number of nitrogens with one attached hydrogen (secondary N) is 1. The van der Waals surface area contributed by atoms with E-state index < -0.39 is 18.0 Å². The number of aliphatic hydroxyl groups is 1. The van der Waals surface area contributed by atoms with E-state index in [2.05, 4.69) is 15.2 Å². The summed E-state index contributed by atoms with van der Waals surface area (Å²) in [7, 11) is 0. The molecular weight excluding hydrogens is 325 g/mol. The quantitative estimate of drug-likeness (QED) is 0.879. The molecule has 1 fully saturated rings. The molecule has 1 aliphatic rings. The fraction of sp³-hybridized carbons (Fsp3) is 0.600. The number of piperazine rings is 1. The van der Waals surface area contributed by atoms with Crippen LogP contribution in [0.3, 0.4) is 0 Å². The van der Waals surface area contributed by atoms with Crippen LogP contribution in [-0.4, -0.2) is 64.2 Å². The molecule has 1 aliphatic heterocycles. The highest BCUT2D eigenvalue weighted by atomic mass is 19.4. The summed E-state index contributed by atoms with van der Waals surface area (Å²) in [4.78, 5) is 19.3. The van der Waals surface area contributed by atoms with Gasteiger partial charge < -0.3 is 15.3 Å². The molecule has 6 nitrogen and oxygen atoms in total. The first-order valence-corrected chi connectivity index (χ1v) is 7.68. The summed E-state index contributed by atoms with van der Waals surface area (Å²) in [5, 5.41) is 12.0. The number of urea groups is 1. The monoisotopic (exact) mass is 346 g/mol. The van der Waals surface area contributed by atoms with Gasteiger partial charge in [0.25, 0.3) is 0 Å². The van der Waals surface area contributed by atoms with Crippen LogP contribution in [0.4, 0.5) is 23.7 Å². The Kier molecular flexibility index (Phi) is 5.66. The van der Waals surface area contributed by atoms with Crippen molar-refractivity contribution in [2.24, 2.45) is 0 Å². The summed E-state index contributed by atoms with van der Waals surface area (Å²) >= 11 is 0. The lowest BCUT2D eigenvalue weighted by Crippen LogP contribution is -2.56. The highest BCUT2D eigenvalue weighted by Crippen LogP contribution is 2.27. The van der Waals surface area contributed by atoms with Crippen LogP contribution in [0.5, 0.6) is 0 Å². The number of alkyl halides is 3. The summed E-state index contributed by atoms with van der Waals surface area (Å²) < 4.78 is 37.4. The number of hydrogen-bond acceptors (Lipinski definition) is 4. The number of carbonyl (C=O) groups is 1. The van der Waals surface area contributed by atoms with Gasteiger partial charge in [0, 0.05) is 32.2 Å². The first-order chi connectivity index (χ1) is 11.2. The third-order valence-electron chi connectivity index (χ3n) is 3.80. The van der Waals surface area contributed by atoms with Gasteiger partial charge in [0.2, 0.25) is 0 Å². The minimum Gasteiger partial charge on any atom is -0.392 e. The second-order valence-corrected chi connectivity index (χ2v) is 6.01. The Bertz CT molecular complexity index is 563. The maximum Gasteiger partial charge on any atom is 0.433 e. The van der Waals surface area contributed by atoms with Crippen molar-refractivity contribution in [1.82, 2.24) is 14.8 Å². The molecule has 1 aromatic rings. The van der Waals surface area contributed by atoms with Gasteiger partial charge in [0.15, 0.2) is 0 Å². The van der Waals surface area contributed by atoms with Crippen LogP contribution < -0.4 is 5.32 Å². The summed E-state index contributed by atoms with van der Waals surface area (Å²) in [6, 6.07) is 1.57. The number of amides is 2. The largest absolute Gasteiger partial charge is 0.433 e. The Morgan fingerprint density at radius 3 is 2.67 bits per heavy atom. The molecule has 0 spiro atoms. The highest BCUT2D eigenvalue weighted by Gasteiger charge is 2.32. The van der Waals surface area contributed by atoms with Gasteiger partial charge in [-0.1, -0.05) is 0 Å². The second-order valence-electron chi connectivity index (χ2n) is 6.01. The van der Waals surface area contributed by atoms with Crippen molar-refractivity contribution in [2.75, 3.05) is 31.5 Å². The Labute approximate surface area is 138 Å². The third-order valence-corrected chi connectivity index (χ3v) is 3.80. The van der Waals surface area contributed by atoms with Crippen LogP contribution in [0.25, 0.3) is 0 Å². The number of β-amino-alcohol motifs (C(OH)–C–C–N with tert-alkyl or cyclic N) is 1. The molecule has 1 aromatic heterocycles. The van der Waals surface area contributed by atoms with Crippen molar-refractivity contribution in [3.63, 3.8) is 0 Å². The van der Waals surface area contributed by atoms with Crippen LogP contribution >= 0.6 is 0 Å². The standard InChI is InChI=1S/C15H21F3N4O2/c1-10-8-21(9-11(2)23)5-6-22(10)14(24)20-12-3-4-13(19-7-12)15(16,17)18/h3-4,7,10-11,23H,5-6,8-9H2,1-2H3,(H,20,24). The van der Waals surface area contributed by atoms with E-state index in [0.29, 0.717) is 26.2 Å². The molecule has 24 heavy (non-hydrogen) atoms. The third kappa shape index (κ3) is 4.81. The number of anilines is 1. The van der Waals surface area contributed by atoms with Gasteiger partial charge in [0.1, 0.15) is 5.69 Å². The SMILES string of the molecule is CC(O)CN1CCN(C(=O)Nc2ccc(C(F)(F)F)nc2)C(C)C1. The number of aromatic nitrogens is 1. The van der Waals surface area contributed by atoms with Crippen molar-refractivity contribution >= 4 is 11.7 Å². The molecule has 1 saturated heterocycles. The van der Waals surface area contributed by atoms with Crippen molar-refractivity contribution < 1.29 is 23.1 Å². The second kappa shape index (κ2) is 7.35. The van der Waals surface area contributed by atoms with Gasteiger partial charge in [-0.25, -0.2) is 9.78 Å². The summed E-state index contributed by atoms with van der Waals surface area (Å²) in [6.07, 6.45) is -3.94. The van der Waals surface area contributed by atoms with E-state index in [-0.39, 0.29) is 17.8 Å². The Morgan fingerprint density at radius 1 is 1.46 bits per heavy atom. The first kappa shape index (κ1) is 18.5. The van der Waals surface area contributed by atoms with Gasteiger partial charge in [-0.3, -0.25) is 4.90 Å². The molecule has 0 saturated carbocycles. The fourth-order valence-electron chi connectivity index (χ4n) is 2.71. The molecule has 134 valence electrons. The summed E-state index contributed by atoms with van der Waals surface area (Å²) in [5.74, 6) is 0. The average Bonchev–Trinajstić information content (AvgIpc) is 2.46. The Morgan fingerprint density at radius 2 is 2.17 bits per heavy atom. The average molecular weight is 346 g/mol. The van der Waals surface area contributed by atoms with Crippen LogP contribution in [-0.2, 0) is 6.18 Å². The van der Waals surface area contributed by atoms with Crippen molar-refractivity contribution in [1.29, 1.82) is 0 Å². The zero-order valence-electron chi connectivity index (χ0n) is 13.5. The first-order valence-electron chi connectivity index (χ1n) is 7.68. The van der Waals surface area contributed by atoms with Gasteiger partial charge >= 0.3 is 12.2 Å². The minimum atomic E-state index is -4.50. The van der Waals surface area contributed by atoms with E-state index in [4.69, 9.17) is 0 Å². The van der Waals surface area contributed by atoms with E-state index in [1.165, 1.54) is 6.07 Å². The van der Waals surface area contributed by atoms with Crippen LogP contribution in [0.15, 0.2) is 18.3 Å². The van der Waals surface area contributed by atoms with Crippen LogP contribution in [0.1, 0.15) is 19.5 Å². The van der Waals surface area contributed by atoms with Gasteiger partial charge in [-0.2, -0.15) is 13.2 Å². The summed E-state index contributed by atoms with van der Waals surface area (Å²) in [5.41, 5.74) is -0.785. The van der Waals surface area contributed by atoms with E-state index in [9.17, 15) is 23.1 Å². The fourth-order valence-corrected chi connectivity index (χ4v) is 2.71. The number of halogens is 3. The topological polar surface area (TPSA) is 68.7 Å². The molecule has 2 atom stereocenters. The minimum absolute atomic E-state index is 0.0695. The van der Waals surface area contributed by atoms with Gasteiger partial charge in [0.05, 0.1) is 18.0 Å². The molecule has 0 radical (unpaired) electrons. The molecule has 2 heterocycles. The molecule has 9 heteroatoms. The molecule has 2 amide bonds. The number of pyridine rings is 1. The lowest BCUT2D eigenvalue weighted by molar-refractivity contribution is -0.141. The molecule has 2 rings (SSSR count). The predicted octanol–water partition coefficient (Wildman–Crippen LogP) is 2.02. The van der Waals surface area contributed by atoms with Crippen molar-refractivity contribution in [3.8, 4) is 0 Å². The van der Waals surface area contributed by atoms with Crippen molar-refractivity contribution in [3.05, 3.63) is 24.0 Å². The molecule has 2 unspecified atom stereocenters. The van der Waals surface area contributed by atoms with E-state index >= 15 is 0 Å². The van der Waals surface area contributed by atoms with E-state index in [1.54, 1.807) is 11.8 Å². The molecular formula is C15H21F3N4O2. The van der Waals surface area contributed by atoms with Crippen LogP contribution in [0.2, 0.25) is 0 Å². The Hall–Kier alpha value is -1.87. The molecule has 0 bridgehead atoms. The highest BCUT2D eigenvalue weighted by molar-refractivity contribution is 5.89. The maximum absolute atomic E-state index is 12.5. The Balaban J connectivity index is 1.93. The van der Waals surface area contributed by atoms with Gasteiger partial charge in [-0.15, -0.1) is 0 Å². The van der Waals surface area contributed by atoms with Crippen LogP contribution in [0, 0.1) is 0 Å². The van der Waals surface area contributed by atoms with Gasteiger partial charge in [-0.05, 0) is 26.0 Å². The zero-order chi connectivity index (χ0) is 17.9. The molecule has 2 N–H and O–H groups in total. The van der Waals surface area contributed by atoms with Crippen molar-refractivity contribution in [2.45, 2.75) is 32.2 Å². The van der Waals surface area contributed by atoms with E-state index in [1.807, 2.05) is 6.92 Å². The lowest BCUT2D eigenvalue weighted by atomic mass is 10.2. The molecule has 0 aromatic carbocycles. The smallest absolute Gasteiger partial charge is 0.392 e. The summed E-state index contributed by atoms with van der Waals surface area (Å²) in [6.45, 7) is 5.88. The number of hydrogen-bond donors (Lipinski definition) is 2. The number of carbonyl (C=O) groups excluding carboxylic acids is 1. The number of rotatable bonds is 3. The zero-order valence-corrected chi connectivity index (χ0v) is 13.5. The molecule has 0 aliphatic carbocycles. The lowest BCUT2D eigenvalue weighted by Gasteiger charge is -2.40. The van der Waals surface area contributed by atoms with E-state index in [0.717, 1.165) is 12.3 Å². The predicted molar refractivity (Wildman–Crippen MR) is 82.5 cm³/mol. The normalized spacial score (nSPS) is 20.8. The maximum atomic E-state index is 12.5.